The van der Waals surface area contributed by atoms with Crippen LogP contribution in [0, 0.1) is 23.0 Å². The predicted molar refractivity (Wildman–Crippen MR) is 119 cm³/mol. The molecule has 1 N–H and O–H groups in total. The maximum absolute atomic E-state index is 12.7. The van der Waals surface area contributed by atoms with Gasteiger partial charge in [-0.25, -0.2) is 0 Å². The highest BCUT2D eigenvalue weighted by Gasteiger charge is 2.26. The summed E-state index contributed by atoms with van der Waals surface area (Å²) in [5, 5.41) is 18.5. The monoisotopic (exact) mass is 455 g/mol. The first-order chi connectivity index (χ1) is 15.4. The summed E-state index contributed by atoms with van der Waals surface area (Å²) < 4.78 is 5.38. The number of aryl methyl sites for hydroxylation is 1. The van der Waals surface area contributed by atoms with Crippen molar-refractivity contribution in [1.29, 1.82) is 0 Å². The molecule has 1 fully saturated rings. The zero-order valence-electron chi connectivity index (χ0n) is 17.5. The molecule has 1 amide bonds. The lowest BCUT2D eigenvalue weighted by atomic mass is 9.95. The van der Waals surface area contributed by atoms with E-state index in [0.717, 1.165) is 11.1 Å². The molecule has 0 saturated carbocycles. The van der Waals surface area contributed by atoms with E-state index in [1.54, 1.807) is 18.2 Å². The Morgan fingerprint density at radius 2 is 1.97 bits per heavy atom. The molecule has 2 heterocycles. The molecular weight excluding hydrogens is 434 g/mol. The number of nitrogens with zero attached hydrogens (tertiary/aromatic N) is 4. The molecule has 0 spiro atoms. The van der Waals surface area contributed by atoms with Crippen molar-refractivity contribution in [3.8, 4) is 11.4 Å². The van der Waals surface area contributed by atoms with E-state index in [0.29, 0.717) is 54.9 Å². The SMILES string of the molecule is Cc1ccc([N+](=O)[O-])cc1NC(=O)C1CCN(Cc2nc(-c3ccc(Cl)cc3)no2)CC1. The van der Waals surface area contributed by atoms with Crippen LogP contribution in [0.2, 0.25) is 5.02 Å². The molecule has 1 aliphatic rings. The van der Waals surface area contributed by atoms with Crippen LogP contribution in [0.1, 0.15) is 24.3 Å². The minimum atomic E-state index is -0.469. The number of nitrogens with one attached hydrogen (secondary N) is 1. The summed E-state index contributed by atoms with van der Waals surface area (Å²) in [6.07, 6.45) is 1.36. The summed E-state index contributed by atoms with van der Waals surface area (Å²) in [5.74, 6) is 0.761. The van der Waals surface area contributed by atoms with Gasteiger partial charge in [0.1, 0.15) is 0 Å². The number of nitro benzene ring substituents is 1. The van der Waals surface area contributed by atoms with E-state index in [-0.39, 0.29) is 17.5 Å². The minimum Gasteiger partial charge on any atom is -0.338 e. The van der Waals surface area contributed by atoms with Crippen molar-refractivity contribution in [3.05, 3.63) is 69.1 Å². The highest BCUT2D eigenvalue weighted by molar-refractivity contribution is 6.30. The molecule has 9 nitrogen and oxygen atoms in total. The van der Waals surface area contributed by atoms with E-state index in [9.17, 15) is 14.9 Å². The van der Waals surface area contributed by atoms with Gasteiger partial charge in [-0.3, -0.25) is 19.8 Å². The second-order valence-electron chi connectivity index (χ2n) is 7.81. The summed E-state index contributed by atoms with van der Waals surface area (Å²) in [5.41, 5.74) is 2.05. The van der Waals surface area contributed by atoms with Crippen LogP contribution in [0.25, 0.3) is 11.4 Å². The lowest BCUT2D eigenvalue weighted by Crippen LogP contribution is -2.37. The Balaban J connectivity index is 1.31. The second kappa shape index (κ2) is 9.46. The van der Waals surface area contributed by atoms with Crippen LogP contribution in [-0.2, 0) is 11.3 Å². The van der Waals surface area contributed by atoms with Crippen LogP contribution < -0.4 is 5.32 Å². The number of carbonyl (C=O) groups excluding carboxylic acids is 1. The van der Waals surface area contributed by atoms with Crippen LogP contribution in [0.4, 0.5) is 11.4 Å². The average Bonchev–Trinajstić information content (AvgIpc) is 3.24. The van der Waals surface area contributed by atoms with Gasteiger partial charge in [-0.2, -0.15) is 4.98 Å². The molecule has 1 aliphatic heterocycles. The first-order valence-electron chi connectivity index (χ1n) is 10.3. The molecule has 0 bridgehead atoms. The second-order valence-corrected chi connectivity index (χ2v) is 8.25. The van der Waals surface area contributed by atoms with Crippen LogP contribution >= 0.6 is 11.6 Å². The fourth-order valence-electron chi connectivity index (χ4n) is 3.67. The lowest BCUT2D eigenvalue weighted by molar-refractivity contribution is -0.384. The van der Waals surface area contributed by atoms with E-state index < -0.39 is 4.92 Å². The first kappa shape index (κ1) is 21.9. The number of hydrogen-bond donors (Lipinski definition) is 1. The quantitative estimate of drug-likeness (QED) is 0.431. The third-order valence-electron chi connectivity index (χ3n) is 5.58. The Morgan fingerprint density at radius 1 is 1.25 bits per heavy atom. The van der Waals surface area contributed by atoms with E-state index in [1.807, 2.05) is 19.1 Å². The summed E-state index contributed by atoms with van der Waals surface area (Å²) in [6, 6.07) is 11.7. The van der Waals surface area contributed by atoms with Crippen LogP contribution in [-0.4, -0.2) is 39.0 Å². The maximum Gasteiger partial charge on any atom is 0.271 e. The van der Waals surface area contributed by atoms with Crippen molar-refractivity contribution in [2.45, 2.75) is 26.3 Å². The van der Waals surface area contributed by atoms with Crippen molar-refractivity contribution in [1.82, 2.24) is 15.0 Å². The normalized spacial score (nSPS) is 14.9. The largest absolute Gasteiger partial charge is 0.338 e. The van der Waals surface area contributed by atoms with Crippen molar-refractivity contribution >= 4 is 28.9 Å². The number of nitro groups is 1. The Labute approximate surface area is 189 Å². The molecule has 3 aromatic rings. The topological polar surface area (TPSA) is 114 Å². The number of benzene rings is 2. The molecule has 0 radical (unpaired) electrons. The first-order valence-corrected chi connectivity index (χ1v) is 10.6. The van der Waals surface area contributed by atoms with Gasteiger partial charge in [0.2, 0.25) is 17.6 Å². The fourth-order valence-corrected chi connectivity index (χ4v) is 3.80. The number of halogens is 1. The molecule has 2 aromatic carbocycles. The number of aromatic nitrogens is 2. The Bertz CT molecular complexity index is 1120. The van der Waals surface area contributed by atoms with Gasteiger partial charge in [-0.1, -0.05) is 22.8 Å². The van der Waals surface area contributed by atoms with E-state index in [4.69, 9.17) is 16.1 Å². The van der Waals surface area contributed by atoms with E-state index in [1.165, 1.54) is 12.1 Å². The molecule has 32 heavy (non-hydrogen) atoms. The van der Waals surface area contributed by atoms with Crippen molar-refractivity contribution in [2.24, 2.45) is 5.92 Å². The van der Waals surface area contributed by atoms with Crippen LogP contribution in [0.3, 0.4) is 0 Å². The molecule has 4 rings (SSSR count). The number of amides is 1. The van der Waals surface area contributed by atoms with Gasteiger partial charge < -0.3 is 9.84 Å². The Morgan fingerprint density at radius 3 is 2.66 bits per heavy atom. The number of piperidine rings is 1. The van der Waals surface area contributed by atoms with Gasteiger partial charge in [0.25, 0.3) is 5.69 Å². The standard InChI is InChI=1S/C22H22ClN5O4/c1-14-2-7-18(28(30)31)12-19(14)24-22(29)16-8-10-27(11-9-16)13-20-25-21(26-32-20)15-3-5-17(23)6-4-15/h2-7,12,16H,8-11,13H2,1H3,(H,24,29). The van der Waals surface area contributed by atoms with Gasteiger partial charge in [0.15, 0.2) is 0 Å². The third kappa shape index (κ3) is 5.12. The summed E-state index contributed by atoms with van der Waals surface area (Å²) >= 11 is 5.91. The zero-order valence-corrected chi connectivity index (χ0v) is 18.2. The molecule has 0 atom stereocenters. The Kier molecular flexibility index (Phi) is 6.48. The van der Waals surface area contributed by atoms with Crippen LogP contribution in [0.5, 0.6) is 0 Å². The summed E-state index contributed by atoms with van der Waals surface area (Å²) in [6.45, 7) is 3.75. The van der Waals surface area contributed by atoms with E-state index >= 15 is 0 Å². The fraction of sp³-hybridized carbons (Fsp3) is 0.318. The van der Waals surface area contributed by atoms with Crippen LogP contribution in [0.15, 0.2) is 47.0 Å². The number of carbonyl (C=O) groups is 1. The zero-order chi connectivity index (χ0) is 22.7. The maximum atomic E-state index is 12.7. The molecule has 0 aliphatic carbocycles. The van der Waals surface area contributed by atoms with Crippen molar-refractivity contribution in [2.75, 3.05) is 18.4 Å². The highest BCUT2D eigenvalue weighted by Crippen LogP contribution is 2.25. The minimum absolute atomic E-state index is 0.0433. The van der Waals surface area contributed by atoms with Gasteiger partial charge in [0.05, 0.1) is 17.2 Å². The Hall–Kier alpha value is -3.30. The number of likely N-dealkylation sites (tertiary alicyclic amines) is 1. The molecule has 1 aromatic heterocycles. The van der Waals surface area contributed by atoms with Gasteiger partial charge in [-0.05, 0) is 62.7 Å². The predicted octanol–water partition coefficient (Wildman–Crippen LogP) is 4.46. The van der Waals surface area contributed by atoms with Gasteiger partial charge in [0, 0.05) is 28.6 Å². The molecule has 166 valence electrons. The van der Waals surface area contributed by atoms with Gasteiger partial charge in [-0.15, -0.1) is 0 Å². The molecule has 10 heteroatoms. The molecule has 1 saturated heterocycles. The number of hydrogen-bond acceptors (Lipinski definition) is 7. The number of anilines is 1. The number of rotatable bonds is 6. The average molecular weight is 456 g/mol. The number of non-ortho nitro benzene ring substituents is 1. The van der Waals surface area contributed by atoms with Crippen molar-refractivity contribution in [3.63, 3.8) is 0 Å². The highest BCUT2D eigenvalue weighted by atomic mass is 35.5. The van der Waals surface area contributed by atoms with Gasteiger partial charge >= 0.3 is 0 Å². The molecule has 0 unspecified atom stereocenters. The lowest BCUT2D eigenvalue weighted by Gasteiger charge is -2.30. The molecular formula is C22H22ClN5O4. The third-order valence-corrected chi connectivity index (χ3v) is 5.83. The summed E-state index contributed by atoms with van der Waals surface area (Å²) in [7, 11) is 0. The van der Waals surface area contributed by atoms with E-state index in [2.05, 4.69) is 20.4 Å². The van der Waals surface area contributed by atoms with Crippen molar-refractivity contribution < 1.29 is 14.2 Å². The summed E-state index contributed by atoms with van der Waals surface area (Å²) in [4.78, 5) is 29.8. The smallest absolute Gasteiger partial charge is 0.271 e.